The van der Waals surface area contributed by atoms with Gasteiger partial charge in [-0.25, -0.2) is 4.79 Å². The van der Waals surface area contributed by atoms with Gasteiger partial charge in [0.2, 0.25) is 0 Å². The number of hydrogen-bond acceptors (Lipinski definition) is 2. The van der Waals surface area contributed by atoms with Crippen LogP contribution < -0.4 is 5.11 Å². The zero-order valence-electron chi connectivity index (χ0n) is 8.07. The molecule has 14 heavy (non-hydrogen) atoms. The summed E-state index contributed by atoms with van der Waals surface area (Å²) in [5, 5.41) is 19.7. The molecule has 3 heteroatoms. The van der Waals surface area contributed by atoms with Gasteiger partial charge in [0.15, 0.2) is 0 Å². The maximum absolute atomic E-state index is 11.3. The molecule has 1 rings (SSSR count). The van der Waals surface area contributed by atoms with Crippen LogP contribution >= 0.6 is 0 Å². The van der Waals surface area contributed by atoms with Gasteiger partial charge in [0.1, 0.15) is 0 Å². The number of rotatable bonds is 2. The van der Waals surface area contributed by atoms with Crippen molar-refractivity contribution in [3.8, 4) is 5.75 Å². The Labute approximate surface area is 82.3 Å². The normalized spacial score (nSPS) is 10.7. The summed E-state index contributed by atoms with van der Waals surface area (Å²) >= 11 is 0. The predicted octanol–water partition coefficient (Wildman–Crippen LogP) is 1.47. The highest BCUT2D eigenvalue weighted by molar-refractivity contribution is 5.85. The van der Waals surface area contributed by atoms with Crippen LogP contribution in [0.1, 0.15) is 16.7 Å². The lowest BCUT2D eigenvalue weighted by Crippen LogP contribution is -1.97. The lowest BCUT2D eigenvalue weighted by molar-refractivity contribution is -0.270. The van der Waals surface area contributed by atoms with Crippen LogP contribution in [0, 0.1) is 13.8 Å². The van der Waals surface area contributed by atoms with E-state index in [9.17, 15) is 9.90 Å². The molecule has 0 aliphatic heterocycles. The van der Waals surface area contributed by atoms with Gasteiger partial charge in [-0.2, -0.15) is 0 Å². The lowest BCUT2D eigenvalue weighted by atomic mass is 10.1. The Hall–Kier alpha value is -1.77. The van der Waals surface area contributed by atoms with E-state index in [0.29, 0.717) is 11.1 Å². The molecule has 1 aromatic rings. The monoisotopic (exact) mass is 191 g/mol. The minimum atomic E-state index is -0.994. The maximum Gasteiger partial charge on any atom is 0.328 e. The predicted molar refractivity (Wildman–Crippen MR) is 52.0 cm³/mol. The fourth-order valence-corrected chi connectivity index (χ4v) is 1.25. The Bertz CT molecular complexity index is 369. The van der Waals surface area contributed by atoms with Gasteiger partial charge in [0.05, 0.1) is 0 Å². The van der Waals surface area contributed by atoms with Gasteiger partial charge < -0.3 is 10.2 Å². The molecular weight excluding hydrogens is 180 g/mol. The first-order valence-electron chi connectivity index (χ1n) is 4.20. The van der Waals surface area contributed by atoms with E-state index in [4.69, 9.17) is 5.11 Å². The second-order valence-corrected chi connectivity index (χ2v) is 3.16. The van der Waals surface area contributed by atoms with E-state index < -0.39 is 5.97 Å². The van der Waals surface area contributed by atoms with Gasteiger partial charge in [0, 0.05) is 6.08 Å². The van der Waals surface area contributed by atoms with E-state index >= 15 is 0 Å². The fourth-order valence-electron chi connectivity index (χ4n) is 1.25. The van der Waals surface area contributed by atoms with Crippen LogP contribution in [-0.4, -0.2) is 11.1 Å². The molecule has 0 heterocycles. The van der Waals surface area contributed by atoms with Crippen LogP contribution in [0.25, 0.3) is 6.08 Å². The summed E-state index contributed by atoms with van der Waals surface area (Å²) in [5.74, 6) is -0.982. The van der Waals surface area contributed by atoms with Gasteiger partial charge in [-0.1, -0.05) is 23.3 Å². The first-order chi connectivity index (χ1) is 6.50. The van der Waals surface area contributed by atoms with Crippen LogP contribution in [0.15, 0.2) is 18.2 Å². The summed E-state index contributed by atoms with van der Waals surface area (Å²) in [7, 11) is 0. The van der Waals surface area contributed by atoms with Crippen molar-refractivity contribution in [2.75, 3.05) is 0 Å². The number of benzene rings is 1. The molecular formula is C11H11O3-. The summed E-state index contributed by atoms with van der Waals surface area (Å²) in [4.78, 5) is 10.3. The molecule has 0 aromatic heterocycles. The SMILES string of the molecule is Cc1cc(/C=C/C(=O)O)cc(C)c1[O-]. The first-order valence-corrected chi connectivity index (χ1v) is 4.20. The number of aliphatic carboxylic acids is 1. The van der Waals surface area contributed by atoms with E-state index in [-0.39, 0.29) is 5.75 Å². The molecule has 0 spiro atoms. The molecule has 0 saturated heterocycles. The third kappa shape index (κ3) is 2.36. The summed E-state index contributed by atoms with van der Waals surface area (Å²) in [6.07, 6.45) is 2.53. The molecule has 0 aliphatic carbocycles. The molecule has 1 N–H and O–H groups in total. The standard InChI is InChI=1S/C11H12O3/c1-7-5-9(3-4-10(12)13)6-8(2)11(7)14/h3-6,14H,1-2H3,(H,12,13)/p-1/b4-3+. The minimum Gasteiger partial charge on any atom is -0.872 e. The molecule has 0 fully saturated rings. The molecule has 3 nitrogen and oxygen atoms in total. The summed E-state index contributed by atoms with van der Waals surface area (Å²) in [6, 6.07) is 3.35. The topological polar surface area (TPSA) is 60.4 Å². The minimum absolute atomic E-state index is 0.0116. The van der Waals surface area contributed by atoms with Crippen molar-refractivity contribution in [2.45, 2.75) is 13.8 Å². The fraction of sp³-hybridized carbons (Fsp3) is 0.182. The van der Waals surface area contributed by atoms with Crippen molar-refractivity contribution >= 4 is 12.0 Å². The highest BCUT2D eigenvalue weighted by Gasteiger charge is 1.95. The number of hydrogen-bond donors (Lipinski definition) is 1. The molecule has 0 radical (unpaired) electrons. The molecule has 0 amide bonds. The Morgan fingerprint density at radius 1 is 1.36 bits per heavy atom. The molecule has 0 aliphatic rings. The van der Waals surface area contributed by atoms with Gasteiger partial charge in [-0.15, -0.1) is 5.75 Å². The molecule has 0 bridgehead atoms. The van der Waals surface area contributed by atoms with Crippen molar-refractivity contribution in [3.05, 3.63) is 34.9 Å². The van der Waals surface area contributed by atoms with Crippen LogP contribution in [-0.2, 0) is 4.79 Å². The van der Waals surface area contributed by atoms with Gasteiger partial charge in [-0.05, 0) is 25.5 Å². The second-order valence-electron chi connectivity index (χ2n) is 3.16. The van der Waals surface area contributed by atoms with Crippen molar-refractivity contribution in [2.24, 2.45) is 0 Å². The van der Waals surface area contributed by atoms with Gasteiger partial charge >= 0.3 is 5.97 Å². The highest BCUT2D eigenvalue weighted by atomic mass is 16.4. The average molecular weight is 191 g/mol. The van der Waals surface area contributed by atoms with E-state index in [2.05, 4.69) is 0 Å². The van der Waals surface area contributed by atoms with Crippen molar-refractivity contribution in [1.29, 1.82) is 0 Å². The van der Waals surface area contributed by atoms with Gasteiger partial charge in [-0.3, -0.25) is 0 Å². The van der Waals surface area contributed by atoms with Crippen molar-refractivity contribution in [3.63, 3.8) is 0 Å². The van der Waals surface area contributed by atoms with Crippen LogP contribution in [0.3, 0.4) is 0 Å². The summed E-state index contributed by atoms with van der Waals surface area (Å²) in [5.41, 5.74) is 2.01. The van der Waals surface area contributed by atoms with Crippen molar-refractivity contribution < 1.29 is 15.0 Å². The second kappa shape index (κ2) is 3.96. The van der Waals surface area contributed by atoms with E-state index in [0.717, 1.165) is 11.6 Å². The van der Waals surface area contributed by atoms with Crippen LogP contribution in [0.2, 0.25) is 0 Å². The number of carboxylic acids is 1. The van der Waals surface area contributed by atoms with Crippen LogP contribution in [0.5, 0.6) is 5.75 Å². The van der Waals surface area contributed by atoms with E-state index in [1.165, 1.54) is 6.08 Å². The smallest absolute Gasteiger partial charge is 0.328 e. The highest BCUT2D eigenvalue weighted by Crippen LogP contribution is 2.20. The van der Waals surface area contributed by atoms with Crippen LogP contribution in [0.4, 0.5) is 0 Å². The quantitative estimate of drug-likeness (QED) is 0.720. The molecule has 74 valence electrons. The first kappa shape index (κ1) is 10.3. The summed E-state index contributed by atoms with van der Waals surface area (Å²) < 4.78 is 0. The number of carboxylic acid groups (broad SMARTS) is 1. The molecule has 0 atom stereocenters. The van der Waals surface area contributed by atoms with Gasteiger partial charge in [0.25, 0.3) is 0 Å². The zero-order chi connectivity index (χ0) is 10.7. The molecule has 0 unspecified atom stereocenters. The maximum atomic E-state index is 11.3. The van der Waals surface area contributed by atoms with E-state index in [1.807, 2.05) is 0 Å². The largest absolute Gasteiger partial charge is 0.872 e. The molecule has 1 aromatic carbocycles. The zero-order valence-corrected chi connectivity index (χ0v) is 8.07. The van der Waals surface area contributed by atoms with Crippen molar-refractivity contribution in [1.82, 2.24) is 0 Å². The Kier molecular flexibility index (Phi) is 2.92. The Balaban J connectivity index is 3.07. The Morgan fingerprint density at radius 3 is 2.29 bits per heavy atom. The van der Waals surface area contributed by atoms with E-state index in [1.54, 1.807) is 26.0 Å². The Morgan fingerprint density at radius 2 is 1.86 bits per heavy atom. The lowest BCUT2D eigenvalue weighted by Gasteiger charge is -2.14. The third-order valence-electron chi connectivity index (χ3n) is 1.90. The third-order valence-corrected chi connectivity index (χ3v) is 1.90. The number of aryl methyl sites for hydroxylation is 2. The average Bonchev–Trinajstić information content (AvgIpc) is 2.10. The molecule has 0 saturated carbocycles. The number of carbonyl (C=O) groups is 1. The summed E-state index contributed by atoms with van der Waals surface area (Å²) in [6.45, 7) is 3.43.